The van der Waals surface area contributed by atoms with Crippen LogP contribution in [0.1, 0.15) is 10.4 Å². The molecule has 0 aliphatic rings. The van der Waals surface area contributed by atoms with E-state index >= 15 is 0 Å². The van der Waals surface area contributed by atoms with Crippen molar-refractivity contribution in [2.45, 2.75) is 4.90 Å². The second-order valence-corrected chi connectivity index (χ2v) is 6.60. The van der Waals surface area contributed by atoms with Crippen LogP contribution in [-0.4, -0.2) is 53.5 Å². The molecule has 0 aliphatic carbocycles. The summed E-state index contributed by atoms with van der Waals surface area (Å²) in [6.07, 6.45) is 0. The molecule has 0 unspecified atom stereocenters. The van der Waals surface area contributed by atoms with Crippen LogP contribution >= 0.6 is 0 Å². The molecule has 0 saturated carbocycles. The van der Waals surface area contributed by atoms with Gasteiger partial charge in [-0.25, -0.2) is 0 Å². The van der Waals surface area contributed by atoms with Crippen molar-refractivity contribution in [3.63, 3.8) is 0 Å². The maximum absolute atomic E-state index is 12.1. The van der Waals surface area contributed by atoms with E-state index in [1.807, 2.05) is 0 Å². The number of carbonyl (C=O) groups is 1. The third-order valence-corrected chi connectivity index (χ3v) is 4.33. The minimum atomic E-state index is -4.44. The Hall–Kier alpha value is -1.90. The zero-order chi connectivity index (χ0) is 17.3. The largest absolute Gasteiger partial charge is 0.507 e. The van der Waals surface area contributed by atoms with Crippen molar-refractivity contribution in [3.8, 4) is 5.75 Å². The van der Waals surface area contributed by atoms with Gasteiger partial charge in [-0.1, -0.05) is 18.2 Å². The molecule has 3 rings (SSSR count). The number of carbonyl (C=O) groups excluding carboxylic acids is 1. The van der Waals surface area contributed by atoms with Crippen LogP contribution in [0.5, 0.6) is 5.75 Å². The van der Waals surface area contributed by atoms with E-state index in [0.717, 1.165) is 6.07 Å². The molecule has 0 bridgehead atoms. The SMILES string of the molecule is O=C(Nc1ccc2c(O)cc(S(=O)(=O)O)cc2c1)c1ccccc1.[Na]. The number of fused-ring (bicyclic) bond motifs is 1. The van der Waals surface area contributed by atoms with Crippen LogP contribution in [0, 0.1) is 0 Å². The first-order chi connectivity index (χ1) is 11.3. The number of nitrogens with one attached hydrogen (secondary N) is 1. The zero-order valence-electron chi connectivity index (χ0n) is 13.3. The van der Waals surface area contributed by atoms with Crippen molar-refractivity contribution in [1.82, 2.24) is 0 Å². The van der Waals surface area contributed by atoms with Gasteiger partial charge in [-0.15, -0.1) is 0 Å². The fourth-order valence-corrected chi connectivity index (χ4v) is 2.88. The van der Waals surface area contributed by atoms with Crippen molar-refractivity contribution in [3.05, 3.63) is 66.2 Å². The van der Waals surface area contributed by atoms with Gasteiger partial charge in [-0.3, -0.25) is 9.35 Å². The number of anilines is 1. The van der Waals surface area contributed by atoms with E-state index in [0.29, 0.717) is 22.0 Å². The topological polar surface area (TPSA) is 104 Å². The number of hydrogen-bond donors (Lipinski definition) is 3. The van der Waals surface area contributed by atoms with Crippen molar-refractivity contribution >= 4 is 62.0 Å². The summed E-state index contributed by atoms with van der Waals surface area (Å²) in [5.41, 5.74) is 0.912. The average molecular weight is 366 g/mol. The summed E-state index contributed by atoms with van der Waals surface area (Å²) < 4.78 is 31.6. The predicted octanol–water partition coefficient (Wildman–Crippen LogP) is 2.66. The molecule has 3 N–H and O–H groups in total. The first-order valence-electron chi connectivity index (χ1n) is 6.95. The Morgan fingerprint density at radius 1 is 0.960 bits per heavy atom. The van der Waals surface area contributed by atoms with Crippen LogP contribution in [0.15, 0.2) is 65.6 Å². The van der Waals surface area contributed by atoms with Gasteiger partial charge in [0.15, 0.2) is 0 Å². The molecule has 8 heteroatoms. The van der Waals surface area contributed by atoms with Gasteiger partial charge in [-0.2, -0.15) is 8.42 Å². The molecule has 1 amide bonds. The molecular weight excluding hydrogens is 353 g/mol. The summed E-state index contributed by atoms with van der Waals surface area (Å²) in [5, 5.41) is 13.4. The Bertz CT molecular complexity index is 1040. The number of hydrogen-bond acceptors (Lipinski definition) is 4. The summed E-state index contributed by atoms with van der Waals surface area (Å²) >= 11 is 0. The molecule has 0 fully saturated rings. The maximum Gasteiger partial charge on any atom is 0.294 e. The first-order valence-corrected chi connectivity index (χ1v) is 8.39. The molecule has 123 valence electrons. The summed E-state index contributed by atoms with van der Waals surface area (Å²) in [5.74, 6) is -0.592. The van der Waals surface area contributed by atoms with Crippen molar-refractivity contribution in [1.29, 1.82) is 0 Å². The van der Waals surface area contributed by atoms with Gasteiger partial charge < -0.3 is 10.4 Å². The molecule has 0 atom stereocenters. The first kappa shape index (κ1) is 19.4. The maximum atomic E-state index is 12.1. The Morgan fingerprint density at radius 3 is 2.28 bits per heavy atom. The average Bonchev–Trinajstić information content (AvgIpc) is 2.54. The quantitative estimate of drug-likeness (QED) is 0.488. The van der Waals surface area contributed by atoms with Crippen LogP contribution in [0.3, 0.4) is 0 Å². The van der Waals surface area contributed by atoms with Gasteiger partial charge >= 0.3 is 0 Å². The van der Waals surface area contributed by atoms with E-state index < -0.39 is 15.0 Å². The van der Waals surface area contributed by atoms with Crippen molar-refractivity contribution in [2.24, 2.45) is 0 Å². The number of phenols is 1. The smallest absolute Gasteiger partial charge is 0.294 e. The summed E-state index contributed by atoms with van der Waals surface area (Å²) in [7, 11) is -4.44. The molecule has 0 aliphatic heterocycles. The molecule has 0 heterocycles. The van der Waals surface area contributed by atoms with E-state index in [4.69, 9.17) is 4.55 Å². The van der Waals surface area contributed by atoms with E-state index in [2.05, 4.69) is 5.32 Å². The predicted molar refractivity (Wildman–Crippen MR) is 95.6 cm³/mol. The number of phenolic OH excluding ortho intramolecular Hbond substituents is 1. The molecule has 0 saturated heterocycles. The summed E-state index contributed by atoms with van der Waals surface area (Å²) in [4.78, 5) is 11.7. The monoisotopic (exact) mass is 366 g/mol. The third-order valence-electron chi connectivity index (χ3n) is 3.50. The fourth-order valence-electron chi connectivity index (χ4n) is 2.34. The van der Waals surface area contributed by atoms with Gasteiger partial charge in [-0.05, 0) is 41.8 Å². The Morgan fingerprint density at radius 2 is 1.64 bits per heavy atom. The molecule has 0 aromatic heterocycles. The minimum absolute atomic E-state index is 0. The van der Waals surface area contributed by atoms with Crippen LogP contribution in [0.4, 0.5) is 5.69 Å². The molecule has 6 nitrogen and oxygen atoms in total. The molecular formula is C17H13NNaO5S. The molecule has 0 spiro atoms. The molecule has 25 heavy (non-hydrogen) atoms. The van der Waals surface area contributed by atoms with E-state index in [-0.39, 0.29) is 41.2 Å². The van der Waals surface area contributed by atoms with Crippen molar-refractivity contribution < 1.29 is 22.9 Å². The van der Waals surface area contributed by atoms with Gasteiger partial charge in [0, 0.05) is 52.3 Å². The Kier molecular flexibility index (Phi) is 5.87. The van der Waals surface area contributed by atoms with E-state index in [9.17, 15) is 18.3 Å². The minimum Gasteiger partial charge on any atom is -0.507 e. The standard InChI is InChI=1S/C17H13NO5S.Na/c19-16-10-14(24(21,22)23)9-12-8-13(6-7-15(12)16)18-17(20)11-4-2-1-3-5-11;/h1-10,19H,(H,18,20)(H,21,22,23);. The van der Waals surface area contributed by atoms with Gasteiger partial charge in [0.2, 0.25) is 0 Å². The second kappa shape index (κ2) is 7.55. The molecule has 1 radical (unpaired) electrons. The zero-order valence-corrected chi connectivity index (χ0v) is 16.1. The molecule has 3 aromatic rings. The van der Waals surface area contributed by atoms with Gasteiger partial charge in [0.25, 0.3) is 16.0 Å². The molecule has 3 aromatic carbocycles. The van der Waals surface area contributed by atoms with Gasteiger partial charge in [0.1, 0.15) is 5.75 Å². The van der Waals surface area contributed by atoms with Crippen LogP contribution in [0.25, 0.3) is 10.8 Å². The van der Waals surface area contributed by atoms with Gasteiger partial charge in [0.05, 0.1) is 4.90 Å². The number of aromatic hydroxyl groups is 1. The number of benzene rings is 3. The number of rotatable bonds is 3. The van der Waals surface area contributed by atoms with Crippen LogP contribution in [0.2, 0.25) is 0 Å². The Labute approximate surface area is 166 Å². The number of amides is 1. The third kappa shape index (κ3) is 4.39. The van der Waals surface area contributed by atoms with Crippen LogP contribution < -0.4 is 5.32 Å². The van der Waals surface area contributed by atoms with Crippen molar-refractivity contribution in [2.75, 3.05) is 5.32 Å². The van der Waals surface area contributed by atoms with E-state index in [1.54, 1.807) is 42.5 Å². The van der Waals surface area contributed by atoms with Crippen LogP contribution in [-0.2, 0) is 10.1 Å². The summed E-state index contributed by atoms with van der Waals surface area (Å²) in [6.45, 7) is 0. The van der Waals surface area contributed by atoms with E-state index in [1.165, 1.54) is 12.1 Å². The second-order valence-electron chi connectivity index (χ2n) is 5.17. The normalized spacial score (nSPS) is 10.9. The summed E-state index contributed by atoms with van der Waals surface area (Å²) in [6, 6.07) is 15.5. The fraction of sp³-hybridized carbons (Fsp3) is 0. The Balaban J connectivity index is 0.00000225.